The lowest BCUT2D eigenvalue weighted by Gasteiger charge is -2.24. The number of aromatic nitrogens is 2. The summed E-state index contributed by atoms with van der Waals surface area (Å²) in [5, 5.41) is 14.8. The molecule has 2 atom stereocenters. The van der Waals surface area contributed by atoms with Crippen molar-refractivity contribution in [2.45, 2.75) is 24.9 Å². The molecule has 0 radical (unpaired) electrons. The van der Waals surface area contributed by atoms with Crippen LogP contribution in [0.15, 0.2) is 12.5 Å². The van der Waals surface area contributed by atoms with E-state index < -0.39 is 12.0 Å². The number of carbonyl (C=O) groups excluding carboxylic acids is 1. The van der Waals surface area contributed by atoms with Crippen LogP contribution >= 0.6 is 0 Å². The molecule has 0 aromatic carbocycles. The first-order valence-corrected chi connectivity index (χ1v) is 6.45. The second-order valence-electron chi connectivity index (χ2n) is 4.67. The number of nitrogens with one attached hydrogen (secondary N) is 3. The average molecular weight is 282 g/mol. The van der Waals surface area contributed by atoms with Crippen molar-refractivity contribution in [2.24, 2.45) is 0 Å². The molecule has 110 valence electrons. The number of ether oxygens (including phenoxy) is 1. The van der Waals surface area contributed by atoms with Crippen LogP contribution in [0.3, 0.4) is 0 Å². The molecule has 1 aliphatic rings. The number of carbonyl (C=O) groups is 2. The highest BCUT2D eigenvalue weighted by atomic mass is 16.5. The van der Waals surface area contributed by atoms with E-state index in [0.717, 1.165) is 0 Å². The van der Waals surface area contributed by atoms with Crippen molar-refractivity contribution in [1.82, 2.24) is 20.6 Å². The molecular weight excluding hydrogens is 264 g/mol. The van der Waals surface area contributed by atoms with Gasteiger partial charge in [-0.25, -0.2) is 9.78 Å². The Balaban J connectivity index is 1.83. The predicted octanol–water partition coefficient (Wildman–Crippen LogP) is -1.10. The minimum absolute atomic E-state index is 0.0645. The number of nitrogens with zero attached hydrogens (tertiary/aromatic N) is 1. The second kappa shape index (κ2) is 7.01. The van der Waals surface area contributed by atoms with Crippen molar-refractivity contribution < 1.29 is 19.4 Å². The van der Waals surface area contributed by atoms with Crippen LogP contribution in [0.2, 0.25) is 0 Å². The van der Waals surface area contributed by atoms with Crippen LogP contribution in [0.4, 0.5) is 0 Å². The number of rotatable bonds is 6. The fourth-order valence-electron chi connectivity index (χ4n) is 2.04. The lowest BCUT2D eigenvalue weighted by molar-refractivity contribution is -0.142. The number of hydrogen-bond donors (Lipinski definition) is 4. The smallest absolute Gasteiger partial charge is 0.326 e. The molecule has 1 fully saturated rings. The Hall–Kier alpha value is -1.93. The molecule has 0 saturated carbocycles. The van der Waals surface area contributed by atoms with E-state index in [4.69, 9.17) is 9.84 Å². The monoisotopic (exact) mass is 282 g/mol. The molecule has 0 bridgehead atoms. The molecular formula is C12H18N4O4. The average Bonchev–Trinajstić information content (AvgIpc) is 2.92. The van der Waals surface area contributed by atoms with Crippen LogP contribution < -0.4 is 10.6 Å². The predicted molar refractivity (Wildman–Crippen MR) is 69.1 cm³/mol. The summed E-state index contributed by atoms with van der Waals surface area (Å²) in [6.45, 7) is 1.80. The van der Waals surface area contributed by atoms with E-state index in [1.54, 1.807) is 6.20 Å². The van der Waals surface area contributed by atoms with E-state index in [1.807, 2.05) is 0 Å². The van der Waals surface area contributed by atoms with Crippen molar-refractivity contribution in [1.29, 1.82) is 0 Å². The number of imidazole rings is 1. The van der Waals surface area contributed by atoms with E-state index >= 15 is 0 Å². The maximum atomic E-state index is 11.9. The maximum absolute atomic E-state index is 11.9. The molecule has 8 nitrogen and oxygen atoms in total. The number of carboxylic acids is 1. The lowest BCUT2D eigenvalue weighted by atomic mass is 10.1. The summed E-state index contributed by atoms with van der Waals surface area (Å²) in [6.07, 6.45) is 3.39. The SMILES string of the molecule is O=C(CC1COCCN1)NC(Cc1cnc[nH]1)C(=O)O. The third-order valence-electron chi connectivity index (χ3n) is 3.04. The van der Waals surface area contributed by atoms with Crippen LogP contribution in [-0.4, -0.2) is 58.8 Å². The third-order valence-corrected chi connectivity index (χ3v) is 3.04. The zero-order chi connectivity index (χ0) is 14.4. The van der Waals surface area contributed by atoms with Gasteiger partial charge in [-0.2, -0.15) is 0 Å². The summed E-state index contributed by atoms with van der Waals surface area (Å²) in [4.78, 5) is 29.7. The highest BCUT2D eigenvalue weighted by Gasteiger charge is 2.23. The first-order valence-electron chi connectivity index (χ1n) is 6.45. The van der Waals surface area contributed by atoms with Gasteiger partial charge in [0.1, 0.15) is 6.04 Å². The quantitative estimate of drug-likeness (QED) is 0.526. The van der Waals surface area contributed by atoms with Gasteiger partial charge in [0.15, 0.2) is 0 Å². The van der Waals surface area contributed by atoms with Gasteiger partial charge >= 0.3 is 5.97 Å². The Labute approximate surface area is 115 Å². The van der Waals surface area contributed by atoms with Gasteiger partial charge in [-0.1, -0.05) is 0 Å². The highest BCUT2D eigenvalue weighted by molar-refractivity contribution is 5.84. The van der Waals surface area contributed by atoms with Crippen molar-refractivity contribution in [3.05, 3.63) is 18.2 Å². The second-order valence-corrected chi connectivity index (χ2v) is 4.67. The molecule has 4 N–H and O–H groups in total. The van der Waals surface area contributed by atoms with E-state index in [9.17, 15) is 9.59 Å². The third kappa shape index (κ3) is 4.32. The van der Waals surface area contributed by atoms with Gasteiger partial charge in [-0.15, -0.1) is 0 Å². The van der Waals surface area contributed by atoms with Crippen LogP contribution in [0.5, 0.6) is 0 Å². The van der Waals surface area contributed by atoms with Gasteiger partial charge in [0.05, 0.1) is 19.5 Å². The molecule has 8 heteroatoms. The Bertz CT molecular complexity index is 442. The van der Waals surface area contributed by atoms with Gasteiger partial charge in [-0.3, -0.25) is 4.79 Å². The molecule has 2 heterocycles. The highest BCUT2D eigenvalue weighted by Crippen LogP contribution is 2.02. The molecule has 2 unspecified atom stereocenters. The van der Waals surface area contributed by atoms with Crippen LogP contribution in [0.1, 0.15) is 12.1 Å². The van der Waals surface area contributed by atoms with Gasteiger partial charge in [-0.05, 0) is 0 Å². The fourth-order valence-corrected chi connectivity index (χ4v) is 2.04. The molecule has 1 aromatic rings. The minimum atomic E-state index is -1.07. The Kier molecular flexibility index (Phi) is 5.08. The van der Waals surface area contributed by atoms with Crippen LogP contribution in [0.25, 0.3) is 0 Å². The number of hydrogen-bond acceptors (Lipinski definition) is 5. The van der Waals surface area contributed by atoms with Gasteiger partial charge in [0.2, 0.25) is 5.91 Å². The van der Waals surface area contributed by atoms with Crippen molar-refractivity contribution in [3.8, 4) is 0 Å². The molecule has 0 spiro atoms. The number of morpholine rings is 1. The Morgan fingerprint density at radius 1 is 1.60 bits per heavy atom. The van der Waals surface area contributed by atoms with E-state index in [1.165, 1.54) is 6.33 Å². The summed E-state index contributed by atoms with van der Waals surface area (Å²) in [5.41, 5.74) is 0.664. The minimum Gasteiger partial charge on any atom is -0.480 e. The van der Waals surface area contributed by atoms with Crippen molar-refractivity contribution >= 4 is 11.9 Å². The summed E-state index contributed by atoms with van der Waals surface area (Å²) in [5.74, 6) is -1.37. The van der Waals surface area contributed by atoms with E-state index in [0.29, 0.717) is 25.5 Å². The first-order chi connectivity index (χ1) is 9.65. The molecule has 1 amide bonds. The number of aromatic amines is 1. The lowest BCUT2D eigenvalue weighted by Crippen LogP contribution is -2.48. The topological polar surface area (TPSA) is 116 Å². The first kappa shape index (κ1) is 14.5. The van der Waals surface area contributed by atoms with Gasteiger partial charge in [0, 0.05) is 37.3 Å². The van der Waals surface area contributed by atoms with Crippen molar-refractivity contribution in [3.63, 3.8) is 0 Å². The van der Waals surface area contributed by atoms with Gasteiger partial charge < -0.3 is 25.5 Å². The maximum Gasteiger partial charge on any atom is 0.326 e. The molecule has 1 aromatic heterocycles. The zero-order valence-electron chi connectivity index (χ0n) is 11.0. The van der Waals surface area contributed by atoms with Gasteiger partial charge in [0.25, 0.3) is 0 Å². The van der Waals surface area contributed by atoms with E-state index in [2.05, 4.69) is 20.6 Å². The Morgan fingerprint density at radius 3 is 3.05 bits per heavy atom. The normalized spacial score (nSPS) is 20.3. The largest absolute Gasteiger partial charge is 0.480 e. The molecule has 20 heavy (non-hydrogen) atoms. The number of amides is 1. The molecule has 0 aliphatic carbocycles. The summed E-state index contributed by atoms with van der Waals surface area (Å²) in [7, 11) is 0. The summed E-state index contributed by atoms with van der Waals surface area (Å²) >= 11 is 0. The molecule has 2 rings (SSSR count). The summed E-state index contributed by atoms with van der Waals surface area (Å²) < 4.78 is 5.25. The molecule has 1 saturated heterocycles. The standard InChI is InChI=1S/C12H18N4O4/c17-11(4-9-6-20-2-1-14-9)16-10(12(18)19)3-8-5-13-7-15-8/h5,7,9-10,14H,1-4,6H2,(H,13,15)(H,16,17)(H,18,19). The van der Waals surface area contributed by atoms with Crippen molar-refractivity contribution in [2.75, 3.05) is 19.8 Å². The Morgan fingerprint density at radius 2 is 2.45 bits per heavy atom. The summed E-state index contributed by atoms with van der Waals surface area (Å²) in [6, 6.07) is -1.03. The fraction of sp³-hybridized carbons (Fsp3) is 0.583. The van der Waals surface area contributed by atoms with Crippen LogP contribution in [-0.2, 0) is 20.7 Å². The van der Waals surface area contributed by atoms with Crippen LogP contribution in [0, 0.1) is 0 Å². The van der Waals surface area contributed by atoms with E-state index in [-0.39, 0.29) is 24.8 Å². The number of aliphatic carboxylic acids is 1. The zero-order valence-corrected chi connectivity index (χ0v) is 11.0. The number of H-pyrrole nitrogens is 1. The number of carboxylic acid groups (broad SMARTS) is 1. The molecule has 1 aliphatic heterocycles.